The molecule has 0 aromatic heterocycles. The molecule has 0 saturated carbocycles. The van der Waals surface area contributed by atoms with Crippen molar-refractivity contribution in [2.24, 2.45) is 0 Å². The maximum atomic E-state index is 9.00. The molecule has 2 N–H and O–H groups in total. The van der Waals surface area contributed by atoms with Gasteiger partial charge in [-0.2, -0.15) is 0 Å². The van der Waals surface area contributed by atoms with E-state index in [1.54, 1.807) is 0 Å². The van der Waals surface area contributed by atoms with Crippen molar-refractivity contribution in [3.63, 3.8) is 0 Å². The molecule has 1 aromatic carbocycles. The number of carboxylic acid groups (broad SMARTS) is 2. The van der Waals surface area contributed by atoms with Gasteiger partial charge in [-0.05, 0) is 89.2 Å². The second-order valence-corrected chi connectivity index (χ2v) is 14.2. The quantitative estimate of drug-likeness (QED) is 0.434. The van der Waals surface area contributed by atoms with Gasteiger partial charge in [-0.15, -0.1) is 26.2 Å². The van der Waals surface area contributed by atoms with Gasteiger partial charge in [-0.3, -0.25) is 9.59 Å². The monoisotopic (exact) mass is 828 g/mol. The molecule has 1 aromatic rings. The Morgan fingerprint density at radius 3 is 1.06 bits per heavy atom. The van der Waals surface area contributed by atoms with Crippen LogP contribution in [0.25, 0.3) is 10.6 Å². The van der Waals surface area contributed by atoms with Crippen LogP contribution < -0.4 is 0 Å². The van der Waals surface area contributed by atoms with Crippen molar-refractivity contribution in [2.45, 2.75) is 65.5 Å². The van der Waals surface area contributed by atoms with Gasteiger partial charge in [0.25, 0.3) is 11.9 Å². The van der Waals surface area contributed by atoms with E-state index in [2.05, 4.69) is 53.7 Å². The molecule has 6 heterocycles. The molecule has 7 rings (SSSR count). The first-order valence-corrected chi connectivity index (χ1v) is 19.3. The largest absolute Gasteiger partial charge is 0.661 e. The van der Waals surface area contributed by atoms with E-state index in [-0.39, 0.29) is 39.0 Å². The second-order valence-electron chi connectivity index (χ2n) is 14.2. The number of carboxylic acids is 2. The van der Waals surface area contributed by atoms with Gasteiger partial charge >= 0.3 is 0 Å². The summed E-state index contributed by atoms with van der Waals surface area (Å²) in [5, 5.41) is 24.6. The van der Waals surface area contributed by atoms with Gasteiger partial charge in [-0.25, -0.2) is 0 Å². The zero-order valence-electron chi connectivity index (χ0n) is 32.8. The third-order valence-electron chi connectivity index (χ3n) is 9.89. The Morgan fingerprint density at radius 1 is 0.462 bits per heavy atom. The van der Waals surface area contributed by atoms with E-state index in [0.29, 0.717) is 0 Å². The predicted molar refractivity (Wildman–Crippen MR) is 203 cm³/mol. The number of aliphatic carboxylic acids is 2. The Bertz CT molecular complexity index is 955. The van der Waals surface area contributed by atoms with Crippen LogP contribution in [-0.4, -0.2) is 182 Å². The Kier molecular flexibility index (Phi) is 28.6. The van der Waals surface area contributed by atoms with Crippen molar-refractivity contribution in [3.05, 3.63) is 46.0 Å². The SMILES string of the molecule is CC(=O)O.CC(=O)O.[Zn].[Zn].c1cc(CN2CCCN3CCN(CCCC[N-]CC2)CC3)ccc1CN1CCCN2CCN(CCCC[N-]CC1)CC2. The molecule has 0 aliphatic carbocycles. The van der Waals surface area contributed by atoms with Crippen molar-refractivity contribution < 1.29 is 58.8 Å². The topological polar surface area (TPSA) is 122 Å². The van der Waals surface area contributed by atoms with E-state index in [9.17, 15) is 0 Å². The second kappa shape index (κ2) is 30.3. The van der Waals surface area contributed by atoms with Crippen LogP contribution in [0.3, 0.4) is 0 Å². The molecular weight excluding hydrogens is 763 g/mol. The number of hydrogen-bond acceptors (Lipinski definition) is 8. The molecule has 12 nitrogen and oxygen atoms in total. The van der Waals surface area contributed by atoms with E-state index in [4.69, 9.17) is 30.4 Å². The van der Waals surface area contributed by atoms with Gasteiger partial charge in [0, 0.05) is 118 Å². The molecule has 0 unspecified atom stereocenters. The minimum Gasteiger partial charge on any atom is -0.661 e. The standard InChI is InChI=1S/C34H60N8.2C2H4O2.2Zn/c1-3-15-37-23-27-39(28-24-37)17-5-19-41(21-13-35-11-1)31-33-7-9-34(10-8-33)32-42-20-6-18-40-29-25-38(26-30-40)16-4-2-12-36-14-22-42;2*1-2(3)4;;/h7-10H,1-6,11-32H2;2*1H3,(H,3,4);;/q-2;;;;. The first-order chi connectivity index (χ1) is 24.3. The van der Waals surface area contributed by atoms with Crippen LogP contribution in [0.15, 0.2) is 24.3 Å². The van der Waals surface area contributed by atoms with Crippen molar-refractivity contribution in [1.82, 2.24) is 29.4 Å². The number of benzene rings is 1. The molecule has 0 atom stereocenters. The molecule has 6 aliphatic rings. The van der Waals surface area contributed by atoms with Crippen LogP contribution in [0, 0.1) is 0 Å². The van der Waals surface area contributed by atoms with E-state index in [1.165, 1.54) is 141 Å². The molecule has 6 saturated heterocycles. The fraction of sp³-hybridized carbons (Fsp3) is 0.789. The molecule has 290 valence electrons. The van der Waals surface area contributed by atoms with Gasteiger partial charge in [0.05, 0.1) is 0 Å². The fourth-order valence-electron chi connectivity index (χ4n) is 7.08. The summed E-state index contributed by atoms with van der Waals surface area (Å²) in [6.45, 7) is 27.7. The van der Waals surface area contributed by atoms with Gasteiger partial charge < -0.3 is 50.2 Å². The van der Waals surface area contributed by atoms with Gasteiger partial charge in [-0.1, -0.05) is 37.1 Å². The number of fused-ring (bicyclic) bond motifs is 24. The van der Waals surface area contributed by atoms with Crippen LogP contribution >= 0.6 is 0 Å². The summed E-state index contributed by atoms with van der Waals surface area (Å²) in [6.07, 6.45) is 7.58. The Morgan fingerprint density at radius 2 is 0.750 bits per heavy atom. The van der Waals surface area contributed by atoms with Crippen molar-refractivity contribution in [2.75, 3.05) is 131 Å². The van der Waals surface area contributed by atoms with E-state index in [1.807, 2.05) is 0 Å². The molecule has 0 amide bonds. The first-order valence-electron chi connectivity index (χ1n) is 19.3. The molecule has 4 bridgehead atoms. The maximum Gasteiger partial charge on any atom is 0.300 e. The number of carbonyl (C=O) groups is 2. The molecule has 0 radical (unpaired) electrons. The third-order valence-corrected chi connectivity index (χ3v) is 9.89. The number of rotatable bonds is 4. The van der Waals surface area contributed by atoms with E-state index in [0.717, 1.165) is 66.2 Å². The van der Waals surface area contributed by atoms with E-state index >= 15 is 0 Å². The summed E-state index contributed by atoms with van der Waals surface area (Å²) in [5.74, 6) is -1.67. The average Bonchev–Trinajstić information content (AvgIpc) is 3.10. The number of piperazine rings is 2. The Labute approximate surface area is 340 Å². The van der Waals surface area contributed by atoms with Crippen molar-refractivity contribution in [3.8, 4) is 0 Å². The molecule has 6 aliphatic heterocycles. The molecular formula is C38H68N8O4Zn2-2. The van der Waals surface area contributed by atoms with Crippen LogP contribution in [0.5, 0.6) is 0 Å². The summed E-state index contributed by atoms with van der Waals surface area (Å²) in [4.78, 5) is 34.0. The average molecular weight is 832 g/mol. The molecule has 6 fully saturated rings. The van der Waals surface area contributed by atoms with Gasteiger partial charge in [0.15, 0.2) is 0 Å². The molecule has 0 spiro atoms. The van der Waals surface area contributed by atoms with Gasteiger partial charge in [0.1, 0.15) is 0 Å². The van der Waals surface area contributed by atoms with Crippen LogP contribution in [0.1, 0.15) is 63.5 Å². The zero-order valence-corrected chi connectivity index (χ0v) is 38.7. The molecule has 52 heavy (non-hydrogen) atoms. The van der Waals surface area contributed by atoms with Crippen LogP contribution in [-0.2, 0) is 61.6 Å². The summed E-state index contributed by atoms with van der Waals surface area (Å²) in [7, 11) is 0. The maximum absolute atomic E-state index is 9.00. The fourth-order valence-corrected chi connectivity index (χ4v) is 7.08. The van der Waals surface area contributed by atoms with E-state index < -0.39 is 11.9 Å². The summed E-state index contributed by atoms with van der Waals surface area (Å²) in [6, 6.07) is 9.55. The minimum absolute atomic E-state index is 0. The smallest absolute Gasteiger partial charge is 0.300 e. The van der Waals surface area contributed by atoms with Crippen molar-refractivity contribution in [1.29, 1.82) is 0 Å². The normalized spacial score (nSPS) is 26.0. The van der Waals surface area contributed by atoms with Crippen molar-refractivity contribution >= 4 is 11.9 Å². The molecule has 14 heteroatoms. The summed E-state index contributed by atoms with van der Waals surface area (Å²) >= 11 is 0. The Hall–Kier alpha value is -0.913. The minimum atomic E-state index is -0.833. The van der Waals surface area contributed by atoms with Gasteiger partial charge in [0.2, 0.25) is 0 Å². The summed E-state index contributed by atoms with van der Waals surface area (Å²) < 4.78 is 0. The summed E-state index contributed by atoms with van der Waals surface area (Å²) in [5.41, 5.74) is 2.88. The third kappa shape index (κ3) is 23.8. The number of nitrogens with zero attached hydrogens (tertiary/aromatic N) is 8. The first kappa shape index (κ1) is 49.1. The predicted octanol–water partition coefficient (Wildman–Crippen LogP) is 3.82. The Balaban J connectivity index is 0.00000123. The van der Waals surface area contributed by atoms with Crippen LogP contribution in [0.2, 0.25) is 0 Å². The number of hydrogen-bond donors (Lipinski definition) is 2. The zero-order chi connectivity index (χ0) is 35.8. The van der Waals surface area contributed by atoms with Crippen LogP contribution in [0.4, 0.5) is 0 Å².